The first-order chi connectivity index (χ1) is 8.70. The van der Waals surface area contributed by atoms with Crippen molar-refractivity contribution < 1.29 is 19.4 Å². The topological polar surface area (TPSA) is 89.4 Å². The molecule has 0 aromatic carbocycles. The molecule has 0 saturated heterocycles. The zero-order valence-corrected chi connectivity index (χ0v) is 9.11. The Balaban J connectivity index is 2.41. The van der Waals surface area contributed by atoms with E-state index in [2.05, 4.69) is 14.7 Å². The number of hydrogen-bond acceptors (Lipinski definition) is 5. The van der Waals surface area contributed by atoms with Crippen LogP contribution in [0, 0.1) is 0 Å². The van der Waals surface area contributed by atoms with Crippen molar-refractivity contribution in [3.63, 3.8) is 0 Å². The van der Waals surface area contributed by atoms with Crippen LogP contribution in [-0.4, -0.2) is 27.5 Å². The molecule has 2 heterocycles. The highest BCUT2D eigenvalue weighted by Crippen LogP contribution is 2.20. The maximum absolute atomic E-state index is 10.8. The minimum Gasteiger partial charge on any atom is -0.478 e. The van der Waals surface area contributed by atoms with Crippen molar-refractivity contribution in [2.45, 2.75) is 0 Å². The zero-order chi connectivity index (χ0) is 13.0. The fraction of sp³-hybridized carbons (Fsp3) is 0. The van der Waals surface area contributed by atoms with E-state index in [9.17, 15) is 9.59 Å². The van der Waals surface area contributed by atoms with Gasteiger partial charge in [0.15, 0.2) is 0 Å². The quantitative estimate of drug-likeness (QED) is 0.817. The van der Waals surface area contributed by atoms with Crippen molar-refractivity contribution in [2.24, 2.45) is 0 Å². The van der Waals surface area contributed by atoms with Crippen LogP contribution >= 0.6 is 0 Å². The van der Waals surface area contributed by atoms with Crippen LogP contribution in [0.3, 0.4) is 0 Å². The largest absolute Gasteiger partial charge is 0.478 e. The van der Waals surface area contributed by atoms with Crippen LogP contribution in [0.4, 0.5) is 0 Å². The van der Waals surface area contributed by atoms with Gasteiger partial charge in [0, 0.05) is 18.5 Å². The molecule has 0 amide bonds. The number of pyridine rings is 2. The third kappa shape index (κ3) is 2.49. The summed E-state index contributed by atoms with van der Waals surface area (Å²) in [5.74, 6) is -0.725. The predicted molar refractivity (Wildman–Crippen MR) is 61.1 cm³/mol. The normalized spacial score (nSPS) is 9.78. The van der Waals surface area contributed by atoms with Crippen molar-refractivity contribution in [1.82, 2.24) is 9.97 Å². The lowest BCUT2D eigenvalue weighted by Gasteiger charge is -2.03. The van der Waals surface area contributed by atoms with Gasteiger partial charge in [-0.15, -0.1) is 0 Å². The van der Waals surface area contributed by atoms with Gasteiger partial charge < -0.3 is 9.84 Å². The van der Waals surface area contributed by atoms with E-state index < -0.39 is 5.97 Å². The number of carbonyl (C=O) groups excluding carboxylic acids is 1. The SMILES string of the molecule is O=COc1ccnc(-c2cc(C(=O)O)ccn2)c1. The van der Waals surface area contributed by atoms with Gasteiger partial charge in [0.1, 0.15) is 5.75 Å². The highest BCUT2D eigenvalue weighted by atomic mass is 16.5. The number of carbonyl (C=O) groups is 2. The van der Waals surface area contributed by atoms with Crippen molar-refractivity contribution in [3.05, 3.63) is 42.2 Å². The predicted octanol–water partition coefficient (Wildman–Crippen LogP) is 1.38. The molecule has 90 valence electrons. The van der Waals surface area contributed by atoms with E-state index in [1.165, 1.54) is 36.7 Å². The number of carboxylic acids is 1. The maximum Gasteiger partial charge on any atom is 0.335 e. The van der Waals surface area contributed by atoms with E-state index >= 15 is 0 Å². The molecule has 0 spiro atoms. The number of aromatic carboxylic acids is 1. The van der Waals surface area contributed by atoms with Crippen LogP contribution in [0.5, 0.6) is 5.75 Å². The maximum atomic E-state index is 10.8. The molecule has 18 heavy (non-hydrogen) atoms. The summed E-state index contributed by atoms with van der Waals surface area (Å²) in [6, 6.07) is 5.80. The summed E-state index contributed by atoms with van der Waals surface area (Å²) < 4.78 is 4.68. The van der Waals surface area contributed by atoms with Gasteiger partial charge in [-0.25, -0.2) is 4.79 Å². The zero-order valence-electron chi connectivity index (χ0n) is 9.11. The van der Waals surface area contributed by atoms with E-state index in [0.29, 0.717) is 23.6 Å². The standard InChI is InChI=1S/C12H8N2O4/c15-7-18-9-2-4-14-11(6-9)10-5-8(12(16)17)1-3-13-10/h1-7H,(H,16,17). The number of aromatic nitrogens is 2. The van der Waals surface area contributed by atoms with Gasteiger partial charge in [-0.2, -0.15) is 0 Å². The van der Waals surface area contributed by atoms with Gasteiger partial charge in [0.05, 0.1) is 17.0 Å². The third-order valence-corrected chi connectivity index (χ3v) is 2.18. The average Bonchev–Trinajstić information content (AvgIpc) is 2.39. The summed E-state index contributed by atoms with van der Waals surface area (Å²) in [7, 11) is 0. The van der Waals surface area contributed by atoms with E-state index in [-0.39, 0.29) is 5.56 Å². The Morgan fingerprint density at radius 1 is 1.17 bits per heavy atom. The molecule has 0 aliphatic rings. The Morgan fingerprint density at radius 3 is 2.50 bits per heavy atom. The molecule has 0 aliphatic heterocycles. The number of nitrogens with zero attached hydrogens (tertiary/aromatic N) is 2. The molecule has 2 aromatic rings. The van der Waals surface area contributed by atoms with Crippen molar-refractivity contribution in [2.75, 3.05) is 0 Å². The smallest absolute Gasteiger partial charge is 0.335 e. The second kappa shape index (κ2) is 5.05. The van der Waals surface area contributed by atoms with Crippen LogP contribution in [-0.2, 0) is 4.79 Å². The molecule has 0 aliphatic carbocycles. The lowest BCUT2D eigenvalue weighted by atomic mass is 10.2. The van der Waals surface area contributed by atoms with Crippen molar-refractivity contribution in [3.8, 4) is 17.1 Å². The lowest BCUT2D eigenvalue weighted by Crippen LogP contribution is -1.98. The first-order valence-electron chi connectivity index (χ1n) is 4.97. The summed E-state index contributed by atoms with van der Waals surface area (Å²) in [5, 5.41) is 8.88. The second-order valence-electron chi connectivity index (χ2n) is 3.33. The molecule has 0 fully saturated rings. The Morgan fingerprint density at radius 2 is 1.83 bits per heavy atom. The molecule has 6 heteroatoms. The van der Waals surface area contributed by atoms with Gasteiger partial charge in [-0.1, -0.05) is 0 Å². The van der Waals surface area contributed by atoms with Crippen LogP contribution in [0.25, 0.3) is 11.4 Å². The van der Waals surface area contributed by atoms with Crippen molar-refractivity contribution >= 4 is 12.4 Å². The third-order valence-electron chi connectivity index (χ3n) is 2.18. The van der Waals surface area contributed by atoms with E-state index in [1.807, 2.05) is 0 Å². The van der Waals surface area contributed by atoms with Crippen LogP contribution in [0.2, 0.25) is 0 Å². The Bertz CT molecular complexity index is 598. The molecule has 0 unspecified atom stereocenters. The fourth-order valence-electron chi connectivity index (χ4n) is 1.38. The summed E-state index contributed by atoms with van der Waals surface area (Å²) >= 11 is 0. The first-order valence-corrected chi connectivity index (χ1v) is 4.97. The Kier molecular flexibility index (Phi) is 3.29. The second-order valence-corrected chi connectivity index (χ2v) is 3.33. The van der Waals surface area contributed by atoms with Gasteiger partial charge in [0.2, 0.25) is 0 Å². The lowest BCUT2D eigenvalue weighted by molar-refractivity contribution is -0.120. The van der Waals surface area contributed by atoms with Crippen LogP contribution in [0.15, 0.2) is 36.7 Å². The summed E-state index contributed by atoms with van der Waals surface area (Å²) in [6.45, 7) is 0.306. The van der Waals surface area contributed by atoms with Gasteiger partial charge in [-0.05, 0) is 18.2 Å². The van der Waals surface area contributed by atoms with E-state index in [4.69, 9.17) is 5.11 Å². The highest BCUT2D eigenvalue weighted by Gasteiger charge is 2.07. The van der Waals surface area contributed by atoms with Gasteiger partial charge in [0.25, 0.3) is 6.47 Å². The molecule has 0 saturated carbocycles. The van der Waals surface area contributed by atoms with Gasteiger partial charge in [-0.3, -0.25) is 14.8 Å². The highest BCUT2D eigenvalue weighted by molar-refractivity contribution is 5.88. The molecular weight excluding hydrogens is 236 g/mol. The molecule has 2 rings (SSSR count). The Labute approximate surface area is 102 Å². The molecule has 0 radical (unpaired) electrons. The molecule has 2 aromatic heterocycles. The number of ether oxygens (including phenoxy) is 1. The van der Waals surface area contributed by atoms with E-state index in [0.717, 1.165) is 0 Å². The van der Waals surface area contributed by atoms with Crippen molar-refractivity contribution in [1.29, 1.82) is 0 Å². The molecule has 1 N–H and O–H groups in total. The molecule has 0 atom stereocenters. The number of rotatable bonds is 4. The van der Waals surface area contributed by atoms with Gasteiger partial charge >= 0.3 is 5.97 Å². The number of carboxylic acid groups (broad SMARTS) is 1. The molecular formula is C12H8N2O4. The molecule has 0 bridgehead atoms. The molecule has 6 nitrogen and oxygen atoms in total. The summed E-state index contributed by atoms with van der Waals surface area (Å²) in [6.07, 6.45) is 2.83. The summed E-state index contributed by atoms with van der Waals surface area (Å²) in [4.78, 5) is 29.1. The van der Waals surface area contributed by atoms with E-state index in [1.54, 1.807) is 0 Å². The fourth-order valence-corrected chi connectivity index (χ4v) is 1.38. The van der Waals surface area contributed by atoms with Crippen LogP contribution in [0.1, 0.15) is 10.4 Å². The monoisotopic (exact) mass is 244 g/mol. The minimum absolute atomic E-state index is 0.114. The Hall–Kier alpha value is -2.76. The van der Waals surface area contributed by atoms with Crippen LogP contribution < -0.4 is 4.74 Å². The minimum atomic E-state index is -1.04. The summed E-state index contributed by atoms with van der Waals surface area (Å²) in [5.41, 5.74) is 0.937. The number of hydrogen-bond donors (Lipinski definition) is 1. The average molecular weight is 244 g/mol. The first kappa shape index (κ1) is 11.7.